The van der Waals surface area contributed by atoms with E-state index in [-0.39, 0.29) is 12.0 Å². The number of nitrogens with zero attached hydrogens (tertiary/aromatic N) is 1. The van der Waals surface area contributed by atoms with Gasteiger partial charge in [-0.3, -0.25) is 4.79 Å². The van der Waals surface area contributed by atoms with E-state index in [1.807, 2.05) is 0 Å². The van der Waals surface area contributed by atoms with Crippen molar-refractivity contribution < 1.29 is 27.4 Å². The number of anilines is 1. The maximum atomic E-state index is 12.6. The number of halogens is 3. The Bertz CT molecular complexity index is 566. The lowest BCUT2D eigenvalue weighted by molar-refractivity contribution is -0.166. The van der Waals surface area contributed by atoms with Crippen LogP contribution in [0.5, 0.6) is 5.75 Å². The summed E-state index contributed by atoms with van der Waals surface area (Å²) in [4.78, 5) is 12.9. The summed E-state index contributed by atoms with van der Waals surface area (Å²) in [5, 5.41) is 0. The summed E-state index contributed by atoms with van der Waals surface area (Å²) < 4.78 is 48.1. The molecule has 0 fully saturated rings. The fourth-order valence-corrected chi connectivity index (χ4v) is 2.31. The van der Waals surface area contributed by atoms with Crippen molar-refractivity contribution in [2.24, 2.45) is 0 Å². The maximum absolute atomic E-state index is 12.6. The molecule has 0 saturated heterocycles. The van der Waals surface area contributed by atoms with Gasteiger partial charge in [0, 0.05) is 24.6 Å². The van der Waals surface area contributed by atoms with Crippen molar-refractivity contribution in [3.8, 4) is 5.75 Å². The molecule has 0 amide bonds. The van der Waals surface area contributed by atoms with E-state index in [0.717, 1.165) is 0 Å². The number of methoxy groups -OCH3 is 2. The van der Waals surface area contributed by atoms with Crippen LogP contribution in [-0.4, -0.2) is 32.4 Å². The quantitative estimate of drug-likeness (QED) is 0.855. The second-order valence-corrected chi connectivity index (χ2v) is 4.82. The number of hydrogen-bond acceptors (Lipinski definition) is 4. The standard InChI is InChI=1S/C15H16F3NO3/c1-21-12-6-4-11(5-7-12)19-9-10(3-8-13(19)22-2)14(20)15(16,17)18/h4-7,9,13H,3,8H2,1-2H3. The number of ether oxygens (including phenoxy) is 2. The molecule has 0 bridgehead atoms. The second kappa shape index (κ2) is 6.39. The number of ketones is 1. The lowest BCUT2D eigenvalue weighted by atomic mass is 10.0. The summed E-state index contributed by atoms with van der Waals surface area (Å²) in [6.45, 7) is 0. The van der Waals surface area contributed by atoms with Gasteiger partial charge >= 0.3 is 6.18 Å². The molecule has 0 radical (unpaired) electrons. The van der Waals surface area contributed by atoms with Crippen LogP contribution < -0.4 is 9.64 Å². The van der Waals surface area contributed by atoms with Gasteiger partial charge in [0.15, 0.2) is 0 Å². The van der Waals surface area contributed by atoms with Crippen LogP contribution in [0.25, 0.3) is 0 Å². The van der Waals surface area contributed by atoms with E-state index in [2.05, 4.69) is 0 Å². The molecule has 0 aromatic heterocycles. The molecule has 7 heteroatoms. The van der Waals surface area contributed by atoms with Gasteiger partial charge in [0.25, 0.3) is 5.78 Å². The molecule has 4 nitrogen and oxygen atoms in total. The topological polar surface area (TPSA) is 38.8 Å². The summed E-state index contributed by atoms with van der Waals surface area (Å²) >= 11 is 0. The normalized spacial score (nSPS) is 18.9. The molecule has 1 aromatic rings. The SMILES string of the molecule is COc1ccc(N2C=C(C(=O)C(F)(F)F)CCC2OC)cc1. The average molecular weight is 315 g/mol. The van der Waals surface area contributed by atoms with Crippen molar-refractivity contribution >= 4 is 11.5 Å². The van der Waals surface area contributed by atoms with Crippen molar-refractivity contribution in [1.82, 2.24) is 0 Å². The molecule has 2 rings (SSSR count). The third-order valence-electron chi connectivity index (χ3n) is 3.46. The van der Waals surface area contributed by atoms with Crippen LogP contribution in [0.2, 0.25) is 0 Å². The van der Waals surface area contributed by atoms with E-state index in [1.54, 1.807) is 24.3 Å². The van der Waals surface area contributed by atoms with Crippen LogP contribution in [0.3, 0.4) is 0 Å². The molecule has 1 aliphatic rings. The maximum Gasteiger partial charge on any atom is 0.454 e. The predicted molar refractivity (Wildman–Crippen MR) is 74.6 cm³/mol. The van der Waals surface area contributed by atoms with Gasteiger partial charge in [0.05, 0.1) is 7.11 Å². The van der Waals surface area contributed by atoms with Crippen LogP contribution in [0.1, 0.15) is 12.8 Å². The first-order valence-corrected chi connectivity index (χ1v) is 6.64. The first kappa shape index (κ1) is 16.4. The molecule has 120 valence electrons. The molecule has 0 aliphatic carbocycles. The molecular formula is C15H16F3NO3. The largest absolute Gasteiger partial charge is 0.497 e. The van der Waals surface area contributed by atoms with Crippen molar-refractivity contribution in [3.63, 3.8) is 0 Å². The lowest BCUT2D eigenvalue weighted by Crippen LogP contribution is -2.38. The van der Waals surface area contributed by atoms with Crippen LogP contribution in [0, 0.1) is 0 Å². The molecule has 1 aromatic carbocycles. The molecule has 1 aliphatic heterocycles. The van der Waals surface area contributed by atoms with E-state index >= 15 is 0 Å². The lowest BCUT2D eigenvalue weighted by Gasteiger charge is -2.34. The van der Waals surface area contributed by atoms with Crippen molar-refractivity contribution in [2.45, 2.75) is 25.2 Å². The van der Waals surface area contributed by atoms with Gasteiger partial charge in [-0.15, -0.1) is 0 Å². The highest BCUT2D eigenvalue weighted by atomic mass is 19.4. The third kappa shape index (κ3) is 3.41. The highest BCUT2D eigenvalue weighted by molar-refractivity contribution is 6.00. The predicted octanol–water partition coefficient (Wildman–Crippen LogP) is 3.28. The van der Waals surface area contributed by atoms with Gasteiger partial charge < -0.3 is 14.4 Å². The first-order valence-electron chi connectivity index (χ1n) is 6.64. The van der Waals surface area contributed by atoms with E-state index in [0.29, 0.717) is 17.9 Å². The van der Waals surface area contributed by atoms with Crippen LogP contribution in [0.4, 0.5) is 18.9 Å². The Morgan fingerprint density at radius 1 is 1.23 bits per heavy atom. The molecule has 22 heavy (non-hydrogen) atoms. The molecular weight excluding hydrogens is 299 g/mol. The Morgan fingerprint density at radius 2 is 1.86 bits per heavy atom. The van der Waals surface area contributed by atoms with E-state index in [4.69, 9.17) is 9.47 Å². The summed E-state index contributed by atoms with van der Waals surface area (Å²) in [7, 11) is 3.00. The Balaban J connectivity index is 2.33. The van der Waals surface area contributed by atoms with E-state index in [9.17, 15) is 18.0 Å². The Hall–Kier alpha value is -2.02. The van der Waals surface area contributed by atoms with Gasteiger partial charge in [-0.1, -0.05) is 0 Å². The zero-order valence-electron chi connectivity index (χ0n) is 12.2. The molecule has 1 heterocycles. The zero-order valence-corrected chi connectivity index (χ0v) is 12.2. The summed E-state index contributed by atoms with van der Waals surface area (Å²) in [5.41, 5.74) is 0.358. The Kier molecular flexibility index (Phi) is 4.75. The highest BCUT2D eigenvalue weighted by Gasteiger charge is 2.42. The summed E-state index contributed by atoms with van der Waals surface area (Å²) in [6, 6.07) is 6.77. The zero-order chi connectivity index (χ0) is 16.3. The van der Waals surface area contributed by atoms with Crippen molar-refractivity contribution in [1.29, 1.82) is 0 Å². The Labute approximate surface area is 126 Å². The fourth-order valence-electron chi connectivity index (χ4n) is 2.31. The number of carbonyl (C=O) groups excluding carboxylic acids is 1. The average Bonchev–Trinajstić information content (AvgIpc) is 2.52. The second-order valence-electron chi connectivity index (χ2n) is 4.82. The molecule has 0 saturated carbocycles. The summed E-state index contributed by atoms with van der Waals surface area (Å²) in [5.74, 6) is -1.18. The minimum absolute atomic E-state index is 0.0313. The van der Waals surface area contributed by atoms with Crippen LogP contribution in [0.15, 0.2) is 36.0 Å². The van der Waals surface area contributed by atoms with Crippen LogP contribution >= 0.6 is 0 Å². The number of Topliss-reactive ketones (excluding diaryl/α,β-unsaturated/α-hetero) is 1. The van der Waals surface area contributed by atoms with Gasteiger partial charge in [0.2, 0.25) is 0 Å². The van der Waals surface area contributed by atoms with Gasteiger partial charge in [-0.05, 0) is 37.1 Å². The molecule has 1 unspecified atom stereocenters. The number of allylic oxidation sites excluding steroid dienone is 1. The number of hydrogen-bond donors (Lipinski definition) is 0. The molecule has 0 N–H and O–H groups in total. The molecule has 1 atom stereocenters. The molecule has 0 spiro atoms. The van der Waals surface area contributed by atoms with Crippen molar-refractivity contribution in [3.05, 3.63) is 36.0 Å². The Morgan fingerprint density at radius 3 is 2.36 bits per heavy atom. The monoisotopic (exact) mass is 315 g/mol. The smallest absolute Gasteiger partial charge is 0.454 e. The van der Waals surface area contributed by atoms with E-state index in [1.165, 1.54) is 25.3 Å². The van der Waals surface area contributed by atoms with Crippen molar-refractivity contribution in [2.75, 3.05) is 19.1 Å². The fraction of sp³-hybridized carbons (Fsp3) is 0.400. The van der Waals surface area contributed by atoms with E-state index < -0.39 is 18.2 Å². The third-order valence-corrected chi connectivity index (χ3v) is 3.46. The van der Waals surface area contributed by atoms with Gasteiger partial charge in [-0.2, -0.15) is 13.2 Å². The minimum atomic E-state index is -4.86. The minimum Gasteiger partial charge on any atom is -0.497 e. The van der Waals surface area contributed by atoms with Gasteiger partial charge in [-0.25, -0.2) is 0 Å². The number of alkyl halides is 3. The number of benzene rings is 1. The van der Waals surface area contributed by atoms with Gasteiger partial charge in [0.1, 0.15) is 12.0 Å². The summed E-state index contributed by atoms with van der Waals surface area (Å²) in [6.07, 6.45) is -3.73. The highest BCUT2D eigenvalue weighted by Crippen LogP contribution is 2.32. The first-order chi connectivity index (χ1) is 10.4. The van der Waals surface area contributed by atoms with Crippen LogP contribution in [-0.2, 0) is 9.53 Å². The number of rotatable bonds is 4. The number of carbonyl (C=O) groups is 1.